The van der Waals surface area contributed by atoms with Crippen LogP contribution in [-0.4, -0.2) is 43.9 Å². The molecule has 2 aromatic rings. The number of anilines is 2. The van der Waals surface area contributed by atoms with Gasteiger partial charge in [0.25, 0.3) is 5.91 Å². The monoisotopic (exact) mass is 413 g/mol. The highest BCUT2D eigenvalue weighted by molar-refractivity contribution is 7.80. The molecule has 6 nitrogen and oxygen atoms in total. The summed E-state index contributed by atoms with van der Waals surface area (Å²) in [4.78, 5) is 14.8. The maximum absolute atomic E-state index is 12.5. The molecule has 0 atom stereocenters. The minimum Gasteiger partial charge on any atom is -0.494 e. The molecule has 0 aromatic heterocycles. The molecule has 0 spiro atoms. The fraction of sp³-hybridized carbons (Fsp3) is 0.364. The average molecular weight is 414 g/mol. The van der Waals surface area contributed by atoms with Crippen molar-refractivity contribution < 1.29 is 14.3 Å². The van der Waals surface area contributed by atoms with Crippen molar-refractivity contribution in [1.82, 2.24) is 5.32 Å². The van der Waals surface area contributed by atoms with Crippen LogP contribution in [0.15, 0.2) is 48.5 Å². The van der Waals surface area contributed by atoms with Crippen molar-refractivity contribution >= 4 is 34.6 Å². The summed E-state index contributed by atoms with van der Waals surface area (Å²) in [5.74, 6) is 0.414. The fourth-order valence-corrected chi connectivity index (χ4v) is 3.19. The molecule has 1 aliphatic heterocycles. The third-order valence-electron chi connectivity index (χ3n) is 4.59. The van der Waals surface area contributed by atoms with E-state index in [0.717, 1.165) is 50.5 Å². The normalized spacial score (nSPS) is 13.6. The first-order chi connectivity index (χ1) is 14.2. The second-order valence-electron chi connectivity index (χ2n) is 6.78. The number of ether oxygens (including phenoxy) is 2. The van der Waals surface area contributed by atoms with Crippen LogP contribution in [0.25, 0.3) is 0 Å². The van der Waals surface area contributed by atoms with E-state index in [0.29, 0.717) is 17.9 Å². The number of amides is 1. The van der Waals surface area contributed by atoms with Crippen molar-refractivity contribution in [3.05, 3.63) is 54.1 Å². The summed E-state index contributed by atoms with van der Waals surface area (Å²) < 4.78 is 11.0. The van der Waals surface area contributed by atoms with Crippen molar-refractivity contribution in [3.63, 3.8) is 0 Å². The van der Waals surface area contributed by atoms with E-state index in [1.54, 1.807) is 18.2 Å². The molecule has 2 N–H and O–H groups in total. The van der Waals surface area contributed by atoms with Crippen LogP contribution in [0.1, 0.15) is 30.1 Å². The molecule has 2 aromatic carbocycles. The Morgan fingerprint density at radius 3 is 2.66 bits per heavy atom. The van der Waals surface area contributed by atoms with E-state index in [4.69, 9.17) is 21.7 Å². The smallest absolute Gasteiger partial charge is 0.257 e. The standard InChI is InChI=1S/C22H27N3O3S/c1-2-3-13-28-20-6-4-5-17(16-20)21(26)24-22(29)23-18-7-9-19(10-8-18)25-11-14-27-15-12-25/h4-10,16H,2-3,11-15H2,1H3,(H2,23,24,26,29). The van der Waals surface area contributed by atoms with Gasteiger partial charge in [-0.25, -0.2) is 0 Å². The Labute approximate surface area is 177 Å². The van der Waals surface area contributed by atoms with Crippen LogP contribution < -0.4 is 20.3 Å². The van der Waals surface area contributed by atoms with E-state index >= 15 is 0 Å². The Morgan fingerprint density at radius 1 is 1.17 bits per heavy atom. The summed E-state index contributed by atoms with van der Waals surface area (Å²) in [6.07, 6.45) is 2.04. The number of nitrogens with one attached hydrogen (secondary N) is 2. The van der Waals surface area contributed by atoms with Gasteiger partial charge < -0.3 is 19.7 Å². The van der Waals surface area contributed by atoms with Crippen LogP contribution in [0, 0.1) is 0 Å². The first kappa shape index (κ1) is 21.1. The van der Waals surface area contributed by atoms with Crippen LogP contribution in [0.3, 0.4) is 0 Å². The lowest BCUT2D eigenvalue weighted by molar-refractivity contribution is 0.0977. The maximum atomic E-state index is 12.5. The fourth-order valence-electron chi connectivity index (χ4n) is 2.98. The van der Waals surface area contributed by atoms with E-state index < -0.39 is 0 Å². The third kappa shape index (κ3) is 6.44. The number of rotatable bonds is 7. The van der Waals surface area contributed by atoms with Crippen LogP contribution in [0.4, 0.5) is 11.4 Å². The van der Waals surface area contributed by atoms with Crippen molar-refractivity contribution in [2.75, 3.05) is 43.1 Å². The lowest BCUT2D eigenvalue weighted by Gasteiger charge is -2.28. The van der Waals surface area contributed by atoms with Gasteiger partial charge in [-0.3, -0.25) is 10.1 Å². The molecule has 0 unspecified atom stereocenters. The van der Waals surface area contributed by atoms with Gasteiger partial charge in [0.2, 0.25) is 0 Å². The van der Waals surface area contributed by atoms with Gasteiger partial charge in [-0.1, -0.05) is 19.4 Å². The zero-order valence-electron chi connectivity index (χ0n) is 16.6. The SMILES string of the molecule is CCCCOc1cccc(C(=O)NC(=S)Nc2ccc(N3CCOCC3)cc2)c1. The summed E-state index contributed by atoms with van der Waals surface area (Å²) in [5.41, 5.74) is 2.48. The van der Waals surface area contributed by atoms with Crippen LogP contribution in [-0.2, 0) is 4.74 Å². The van der Waals surface area contributed by atoms with Gasteiger partial charge in [0.1, 0.15) is 5.75 Å². The molecule has 1 saturated heterocycles. The Balaban J connectivity index is 1.52. The second kappa shape index (κ2) is 10.8. The first-order valence-electron chi connectivity index (χ1n) is 9.93. The molecule has 0 bridgehead atoms. The highest BCUT2D eigenvalue weighted by atomic mass is 32.1. The predicted octanol–water partition coefficient (Wildman–Crippen LogP) is 3.83. The van der Waals surface area contributed by atoms with Gasteiger partial charge in [0.05, 0.1) is 19.8 Å². The maximum Gasteiger partial charge on any atom is 0.257 e. The lowest BCUT2D eigenvalue weighted by Crippen LogP contribution is -2.36. The molecule has 0 aliphatic carbocycles. The van der Waals surface area contributed by atoms with E-state index in [-0.39, 0.29) is 11.0 Å². The largest absolute Gasteiger partial charge is 0.494 e. The molecule has 29 heavy (non-hydrogen) atoms. The highest BCUT2D eigenvalue weighted by Gasteiger charge is 2.12. The van der Waals surface area contributed by atoms with E-state index in [2.05, 4.69) is 22.5 Å². The zero-order chi connectivity index (χ0) is 20.5. The number of hydrogen-bond acceptors (Lipinski definition) is 5. The molecule has 7 heteroatoms. The van der Waals surface area contributed by atoms with Gasteiger partial charge >= 0.3 is 0 Å². The molecule has 1 heterocycles. The molecule has 1 fully saturated rings. The quantitative estimate of drug-likeness (QED) is 0.531. The van der Waals surface area contributed by atoms with Gasteiger partial charge in [0, 0.05) is 30.0 Å². The van der Waals surface area contributed by atoms with Gasteiger partial charge in [-0.15, -0.1) is 0 Å². The third-order valence-corrected chi connectivity index (χ3v) is 4.80. The molecule has 1 aliphatic rings. The van der Waals surface area contributed by atoms with Gasteiger partial charge in [-0.2, -0.15) is 0 Å². The number of unbranched alkanes of at least 4 members (excludes halogenated alkanes) is 1. The minimum absolute atomic E-state index is 0.256. The summed E-state index contributed by atoms with van der Waals surface area (Å²) in [6.45, 7) is 6.03. The summed E-state index contributed by atoms with van der Waals surface area (Å²) in [6, 6.07) is 15.1. The van der Waals surface area contributed by atoms with Crippen molar-refractivity contribution in [3.8, 4) is 5.75 Å². The van der Waals surface area contributed by atoms with Crippen LogP contribution in [0.5, 0.6) is 5.75 Å². The van der Waals surface area contributed by atoms with E-state index in [1.165, 1.54) is 0 Å². The second-order valence-corrected chi connectivity index (χ2v) is 7.19. The predicted molar refractivity (Wildman–Crippen MR) is 120 cm³/mol. The minimum atomic E-state index is -0.270. The molecule has 1 amide bonds. The molecule has 0 saturated carbocycles. The number of carbonyl (C=O) groups excluding carboxylic acids is 1. The molecular weight excluding hydrogens is 386 g/mol. The molecular formula is C22H27N3O3S. The van der Waals surface area contributed by atoms with E-state index in [1.807, 2.05) is 30.3 Å². The highest BCUT2D eigenvalue weighted by Crippen LogP contribution is 2.19. The van der Waals surface area contributed by atoms with Crippen molar-refractivity contribution in [1.29, 1.82) is 0 Å². The number of thiocarbonyl (C=S) groups is 1. The molecule has 3 rings (SSSR count). The average Bonchev–Trinajstić information content (AvgIpc) is 2.75. The summed E-state index contributed by atoms with van der Waals surface area (Å²) >= 11 is 5.29. The van der Waals surface area contributed by atoms with Crippen LogP contribution in [0.2, 0.25) is 0 Å². The molecule has 154 valence electrons. The summed E-state index contributed by atoms with van der Waals surface area (Å²) in [7, 11) is 0. The number of morpholine rings is 1. The molecule has 0 radical (unpaired) electrons. The lowest BCUT2D eigenvalue weighted by atomic mass is 10.2. The first-order valence-corrected chi connectivity index (χ1v) is 10.3. The zero-order valence-corrected chi connectivity index (χ0v) is 17.5. The van der Waals surface area contributed by atoms with Crippen molar-refractivity contribution in [2.45, 2.75) is 19.8 Å². The summed E-state index contributed by atoms with van der Waals surface area (Å²) in [5, 5.41) is 6.03. The number of nitrogens with zero attached hydrogens (tertiary/aromatic N) is 1. The number of hydrogen-bond donors (Lipinski definition) is 2. The Hall–Kier alpha value is -2.64. The number of carbonyl (C=O) groups is 1. The topological polar surface area (TPSA) is 62.8 Å². The Bertz CT molecular complexity index is 820. The van der Waals surface area contributed by atoms with E-state index in [9.17, 15) is 4.79 Å². The Morgan fingerprint density at radius 2 is 1.93 bits per heavy atom. The van der Waals surface area contributed by atoms with Crippen LogP contribution >= 0.6 is 12.2 Å². The van der Waals surface area contributed by atoms with Crippen molar-refractivity contribution in [2.24, 2.45) is 0 Å². The Kier molecular flexibility index (Phi) is 7.84. The van der Waals surface area contributed by atoms with Gasteiger partial charge in [0.15, 0.2) is 5.11 Å². The number of benzene rings is 2. The van der Waals surface area contributed by atoms with Gasteiger partial charge in [-0.05, 0) is 61.1 Å².